The summed E-state index contributed by atoms with van der Waals surface area (Å²) in [5.74, 6) is 0. The van der Waals surface area contributed by atoms with Gasteiger partial charge in [0.15, 0.2) is 0 Å². The van der Waals surface area contributed by atoms with Crippen molar-refractivity contribution in [3.05, 3.63) is 48.0 Å². The second kappa shape index (κ2) is 8.81. The first kappa shape index (κ1) is 16.0. The summed E-state index contributed by atoms with van der Waals surface area (Å²) in [5.41, 5.74) is 1.45. The van der Waals surface area contributed by atoms with E-state index in [1.807, 2.05) is 0 Å². The molecule has 0 saturated heterocycles. The fourth-order valence-corrected chi connectivity index (χ4v) is 2.83. The fourth-order valence-electron chi connectivity index (χ4n) is 2.83. The Morgan fingerprint density at radius 2 is 1.67 bits per heavy atom. The van der Waals surface area contributed by atoms with E-state index in [-0.39, 0.29) is 0 Å². The number of benzene rings is 2. The Morgan fingerprint density at radius 1 is 0.905 bits per heavy atom. The standard InChI is InChI=1S/C19H28N2/c1-3-21(4-2)16-8-14-20-15-13-18-11-7-10-17-9-5-6-12-19(17)18/h5-7,9-12,20H,3-4,8,13-16H2,1-2H3. The molecule has 2 nitrogen and oxygen atoms in total. The van der Waals surface area contributed by atoms with Gasteiger partial charge in [-0.1, -0.05) is 56.3 Å². The number of hydrogen-bond acceptors (Lipinski definition) is 2. The lowest BCUT2D eigenvalue weighted by molar-refractivity contribution is 0.298. The van der Waals surface area contributed by atoms with Crippen molar-refractivity contribution in [1.82, 2.24) is 10.2 Å². The molecule has 21 heavy (non-hydrogen) atoms. The van der Waals surface area contributed by atoms with Gasteiger partial charge in [-0.3, -0.25) is 0 Å². The summed E-state index contributed by atoms with van der Waals surface area (Å²) < 4.78 is 0. The second-order valence-electron chi connectivity index (χ2n) is 5.52. The Balaban J connectivity index is 1.73. The summed E-state index contributed by atoms with van der Waals surface area (Å²) in [4.78, 5) is 2.48. The third-order valence-electron chi connectivity index (χ3n) is 4.17. The van der Waals surface area contributed by atoms with Gasteiger partial charge in [0.1, 0.15) is 0 Å². The van der Waals surface area contributed by atoms with Crippen LogP contribution in [-0.4, -0.2) is 37.6 Å². The van der Waals surface area contributed by atoms with E-state index >= 15 is 0 Å². The van der Waals surface area contributed by atoms with Crippen LogP contribution in [0.3, 0.4) is 0 Å². The number of hydrogen-bond donors (Lipinski definition) is 1. The normalized spacial score (nSPS) is 11.4. The van der Waals surface area contributed by atoms with Gasteiger partial charge in [-0.15, -0.1) is 0 Å². The van der Waals surface area contributed by atoms with Crippen molar-refractivity contribution in [2.75, 3.05) is 32.7 Å². The van der Waals surface area contributed by atoms with Crippen LogP contribution in [0.15, 0.2) is 42.5 Å². The zero-order valence-corrected chi connectivity index (χ0v) is 13.4. The Labute approximate surface area is 129 Å². The van der Waals surface area contributed by atoms with Crippen LogP contribution in [0.5, 0.6) is 0 Å². The predicted molar refractivity (Wildman–Crippen MR) is 92.9 cm³/mol. The number of rotatable bonds is 9. The van der Waals surface area contributed by atoms with Crippen LogP contribution in [0.4, 0.5) is 0 Å². The van der Waals surface area contributed by atoms with Crippen molar-refractivity contribution in [2.45, 2.75) is 26.7 Å². The minimum atomic E-state index is 1.06. The molecule has 2 rings (SSSR count). The molecule has 0 aromatic heterocycles. The molecule has 0 aliphatic carbocycles. The van der Waals surface area contributed by atoms with E-state index < -0.39 is 0 Å². The van der Waals surface area contributed by atoms with E-state index in [0.29, 0.717) is 0 Å². The number of nitrogens with zero attached hydrogens (tertiary/aromatic N) is 1. The van der Waals surface area contributed by atoms with Gasteiger partial charge in [-0.25, -0.2) is 0 Å². The van der Waals surface area contributed by atoms with Crippen LogP contribution < -0.4 is 5.32 Å². The maximum atomic E-state index is 3.58. The zero-order chi connectivity index (χ0) is 14.9. The first-order valence-corrected chi connectivity index (χ1v) is 8.24. The van der Waals surface area contributed by atoms with E-state index in [9.17, 15) is 0 Å². The molecule has 0 aliphatic heterocycles. The van der Waals surface area contributed by atoms with Gasteiger partial charge >= 0.3 is 0 Å². The molecule has 0 bridgehead atoms. The molecule has 0 fully saturated rings. The van der Waals surface area contributed by atoms with Gasteiger partial charge < -0.3 is 10.2 Å². The van der Waals surface area contributed by atoms with Crippen molar-refractivity contribution in [1.29, 1.82) is 0 Å². The largest absolute Gasteiger partial charge is 0.316 e. The van der Waals surface area contributed by atoms with Crippen molar-refractivity contribution in [3.8, 4) is 0 Å². The van der Waals surface area contributed by atoms with Crippen molar-refractivity contribution >= 4 is 10.8 Å². The second-order valence-corrected chi connectivity index (χ2v) is 5.52. The predicted octanol–water partition coefficient (Wildman–Crippen LogP) is 3.70. The summed E-state index contributed by atoms with van der Waals surface area (Å²) in [6.07, 6.45) is 2.34. The van der Waals surface area contributed by atoms with Crippen molar-refractivity contribution in [2.24, 2.45) is 0 Å². The first-order valence-electron chi connectivity index (χ1n) is 8.24. The summed E-state index contributed by atoms with van der Waals surface area (Å²) in [6.45, 7) is 10.2. The van der Waals surface area contributed by atoms with Crippen LogP contribution in [0.2, 0.25) is 0 Å². The highest BCUT2D eigenvalue weighted by Crippen LogP contribution is 2.18. The van der Waals surface area contributed by atoms with Gasteiger partial charge in [0, 0.05) is 0 Å². The molecule has 1 N–H and O–H groups in total. The third kappa shape index (κ3) is 4.83. The average molecular weight is 284 g/mol. The summed E-state index contributed by atoms with van der Waals surface area (Å²) in [7, 11) is 0. The molecule has 0 unspecified atom stereocenters. The fraction of sp³-hybridized carbons (Fsp3) is 0.474. The van der Waals surface area contributed by atoms with Gasteiger partial charge in [-0.05, 0) is 61.9 Å². The highest BCUT2D eigenvalue weighted by Gasteiger charge is 2.00. The first-order chi connectivity index (χ1) is 10.3. The highest BCUT2D eigenvalue weighted by atomic mass is 15.1. The van der Waals surface area contributed by atoms with Crippen molar-refractivity contribution in [3.63, 3.8) is 0 Å². The van der Waals surface area contributed by atoms with Crippen LogP contribution in [-0.2, 0) is 6.42 Å². The summed E-state index contributed by atoms with van der Waals surface area (Å²) in [5, 5.41) is 6.31. The molecular weight excluding hydrogens is 256 g/mol. The van der Waals surface area contributed by atoms with Gasteiger partial charge in [-0.2, -0.15) is 0 Å². The van der Waals surface area contributed by atoms with E-state index in [0.717, 1.165) is 32.6 Å². The molecule has 0 radical (unpaired) electrons. The molecule has 0 aliphatic rings. The molecule has 2 aromatic rings. The van der Waals surface area contributed by atoms with Crippen LogP contribution >= 0.6 is 0 Å². The average Bonchev–Trinajstić information content (AvgIpc) is 2.54. The topological polar surface area (TPSA) is 15.3 Å². The molecule has 0 spiro atoms. The highest BCUT2D eigenvalue weighted by molar-refractivity contribution is 5.85. The molecular formula is C19H28N2. The Bertz CT molecular complexity index is 527. The summed E-state index contributed by atoms with van der Waals surface area (Å²) in [6, 6.07) is 15.3. The Morgan fingerprint density at radius 3 is 2.48 bits per heavy atom. The number of fused-ring (bicyclic) bond motifs is 1. The lowest BCUT2D eigenvalue weighted by Gasteiger charge is -2.17. The molecule has 0 amide bonds. The Hall–Kier alpha value is -1.38. The van der Waals surface area contributed by atoms with Gasteiger partial charge in [0.05, 0.1) is 0 Å². The minimum absolute atomic E-state index is 1.06. The van der Waals surface area contributed by atoms with Crippen LogP contribution in [0, 0.1) is 0 Å². The smallest absolute Gasteiger partial charge is 0.000687 e. The van der Waals surface area contributed by atoms with Crippen molar-refractivity contribution < 1.29 is 0 Å². The minimum Gasteiger partial charge on any atom is -0.316 e. The van der Waals surface area contributed by atoms with E-state index in [1.165, 1.54) is 29.3 Å². The monoisotopic (exact) mass is 284 g/mol. The Kier molecular flexibility index (Phi) is 6.71. The van der Waals surface area contributed by atoms with Crippen LogP contribution in [0.1, 0.15) is 25.8 Å². The maximum absolute atomic E-state index is 3.58. The molecule has 114 valence electrons. The van der Waals surface area contributed by atoms with E-state index in [1.54, 1.807) is 0 Å². The number of nitrogens with one attached hydrogen (secondary N) is 1. The van der Waals surface area contributed by atoms with E-state index in [4.69, 9.17) is 0 Å². The van der Waals surface area contributed by atoms with Gasteiger partial charge in [0.25, 0.3) is 0 Å². The lowest BCUT2D eigenvalue weighted by Crippen LogP contribution is -2.27. The maximum Gasteiger partial charge on any atom is -0.000687 e. The van der Waals surface area contributed by atoms with E-state index in [2.05, 4.69) is 66.5 Å². The lowest BCUT2D eigenvalue weighted by atomic mass is 10.0. The molecule has 2 aromatic carbocycles. The third-order valence-corrected chi connectivity index (χ3v) is 4.17. The summed E-state index contributed by atoms with van der Waals surface area (Å²) >= 11 is 0. The quantitative estimate of drug-likeness (QED) is 0.706. The SMILES string of the molecule is CCN(CC)CCCNCCc1cccc2ccccc12. The molecule has 0 heterocycles. The molecule has 0 saturated carbocycles. The zero-order valence-electron chi connectivity index (χ0n) is 13.4. The molecule has 2 heteroatoms. The van der Waals surface area contributed by atoms with Crippen LogP contribution in [0.25, 0.3) is 10.8 Å². The van der Waals surface area contributed by atoms with Gasteiger partial charge in [0.2, 0.25) is 0 Å². The molecule has 0 atom stereocenters.